The minimum absolute atomic E-state index is 0.00776. The molecule has 0 unspecified atom stereocenters. The Balaban J connectivity index is 1.97. The van der Waals surface area contributed by atoms with Crippen LogP contribution in [0, 0.1) is 10.1 Å². The summed E-state index contributed by atoms with van der Waals surface area (Å²) in [5, 5.41) is 13.3. The van der Waals surface area contributed by atoms with Crippen LogP contribution in [-0.2, 0) is 4.79 Å². The zero-order chi connectivity index (χ0) is 16.1. The first-order valence-corrected chi connectivity index (χ1v) is 7.25. The van der Waals surface area contributed by atoms with Gasteiger partial charge in [-0.05, 0) is 30.3 Å². The highest BCUT2D eigenvalue weighted by Gasteiger charge is 2.14. The molecule has 1 N–H and O–H groups in total. The lowest BCUT2D eigenvalue weighted by atomic mass is 10.3. The molecule has 0 saturated carbocycles. The molecule has 22 heavy (non-hydrogen) atoms. The first-order chi connectivity index (χ1) is 10.5. The second-order valence-corrected chi connectivity index (χ2v) is 5.54. The first kappa shape index (κ1) is 16.3. The van der Waals surface area contributed by atoms with Gasteiger partial charge in [0.2, 0.25) is 0 Å². The third-order valence-electron chi connectivity index (χ3n) is 2.59. The van der Waals surface area contributed by atoms with Crippen LogP contribution in [0.15, 0.2) is 46.9 Å². The van der Waals surface area contributed by atoms with E-state index in [1.165, 1.54) is 18.2 Å². The highest BCUT2D eigenvalue weighted by molar-refractivity contribution is 9.10. The Morgan fingerprint density at radius 3 is 2.77 bits per heavy atom. The van der Waals surface area contributed by atoms with Crippen molar-refractivity contribution in [3.05, 3.63) is 62.1 Å². The van der Waals surface area contributed by atoms with Gasteiger partial charge >= 0.3 is 0 Å². The van der Waals surface area contributed by atoms with Gasteiger partial charge in [-0.2, -0.15) is 0 Å². The number of nitrogens with one attached hydrogen (secondary N) is 1. The van der Waals surface area contributed by atoms with Crippen molar-refractivity contribution >= 4 is 44.8 Å². The van der Waals surface area contributed by atoms with E-state index in [2.05, 4.69) is 21.2 Å². The van der Waals surface area contributed by atoms with Gasteiger partial charge in [-0.25, -0.2) is 0 Å². The average Bonchev–Trinajstić information content (AvgIpc) is 2.47. The molecule has 0 atom stereocenters. The molecule has 6 nitrogen and oxygen atoms in total. The van der Waals surface area contributed by atoms with Crippen molar-refractivity contribution < 1.29 is 14.5 Å². The number of hydrogen-bond donors (Lipinski definition) is 1. The molecule has 0 aliphatic carbocycles. The summed E-state index contributed by atoms with van der Waals surface area (Å²) in [6, 6.07) is 11.1. The van der Waals surface area contributed by atoms with Crippen LogP contribution in [0.4, 0.5) is 11.4 Å². The van der Waals surface area contributed by atoms with E-state index in [0.29, 0.717) is 5.75 Å². The Hall–Kier alpha value is -2.12. The second kappa shape index (κ2) is 7.24. The van der Waals surface area contributed by atoms with Crippen LogP contribution in [0.3, 0.4) is 0 Å². The number of carbonyl (C=O) groups is 1. The van der Waals surface area contributed by atoms with Crippen LogP contribution in [0.1, 0.15) is 0 Å². The predicted molar refractivity (Wildman–Crippen MR) is 86.4 cm³/mol. The molecule has 0 aromatic heterocycles. The number of rotatable bonds is 5. The minimum Gasteiger partial charge on any atom is -0.484 e. The fourth-order valence-corrected chi connectivity index (χ4v) is 2.20. The second-order valence-electron chi connectivity index (χ2n) is 4.22. The summed E-state index contributed by atoms with van der Waals surface area (Å²) in [6.07, 6.45) is 0. The van der Waals surface area contributed by atoms with E-state index in [9.17, 15) is 14.9 Å². The van der Waals surface area contributed by atoms with Crippen LogP contribution < -0.4 is 10.1 Å². The van der Waals surface area contributed by atoms with Crippen molar-refractivity contribution in [2.45, 2.75) is 0 Å². The maximum atomic E-state index is 11.8. The first-order valence-electron chi connectivity index (χ1n) is 6.08. The number of nitrogens with zero attached hydrogens (tertiary/aromatic N) is 1. The van der Waals surface area contributed by atoms with Gasteiger partial charge in [-0.3, -0.25) is 14.9 Å². The van der Waals surface area contributed by atoms with Gasteiger partial charge in [0.25, 0.3) is 11.6 Å². The average molecular weight is 386 g/mol. The summed E-state index contributed by atoms with van der Waals surface area (Å²) in [4.78, 5) is 22.0. The van der Waals surface area contributed by atoms with Gasteiger partial charge in [0, 0.05) is 16.2 Å². The summed E-state index contributed by atoms with van der Waals surface area (Å²) in [5.74, 6) is 0.100. The number of anilines is 1. The zero-order valence-electron chi connectivity index (χ0n) is 11.1. The SMILES string of the molecule is O=C(COc1cccc(Br)c1)Nc1ccc(Cl)c([N+](=O)[O-])c1. The van der Waals surface area contributed by atoms with Crippen molar-refractivity contribution in [2.75, 3.05) is 11.9 Å². The van der Waals surface area contributed by atoms with Crippen LogP contribution in [0.2, 0.25) is 5.02 Å². The minimum atomic E-state index is -0.615. The molecule has 0 fully saturated rings. The van der Waals surface area contributed by atoms with Gasteiger partial charge in [-0.15, -0.1) is 0 Å². The number of amides is 1. The van der Waals surface area contributed by atoms with Gasteiger partial charge in [0.05, 0.1) is 4.92 Å². The number of nitro groups is 1. The van der Waals surface area contributed by atoms with E-state index in [4.69, 9.17) is 16.3 Å². The number of halogens is 2. The maximum Gasteiger partial charge on any atom is 0.289 e. The van der Waals surface area contributed by atoms with Crippen molar-refractivity contribution in [3.63, 3.8) is 0 Å². The topological polar surface area (TPSA) is 81.5 Å². The molecule has 2 aromatic carbocycles. The summed E-state index contributed by atoms with van der Waals surface area (Å²) in [7, 11) is 0. The molecule has 2 aromatic rings. The van der Waals surface area contributed by atoms with Crippen molar-refractivity contribution in [1.82, 2.24) is 0 Å². The van der Waals surface area contributed by atoms with Crippen LogP contribution in [-0.4, -0.2) is 17.4 Å². The van der Waals surface area contributed by atoms with E-state index in [1.54, 1.807) is 18.2 Å². The van der Waals surface area contributed by atoms with Crippen molar-refractivity contribution in [3.8, 4) is 5.75 Å². The molecule has 1 amide bonds. The third-order valence-corrected chi connectivity index (χ3v) is 3.41. The third kappa shape index (κ3) is 4.44. The molecular weight excluding hydrogens is 376 g/mol. The summed E-state index contributed by atoms with van der Waals surface area (Å²) in [6.45, 7) is -0.215. The Bertz CT molecular complexity index is 724. The smallest absolute Gasteiger partial charge is 0.289 e. The number of ether oxygens (including phenoxy) is 1. The summed E-state index contributed by atoms with van der Waals surface area (Å²) in [5.41, 5.74) is 0.00585. The molecular formula is C14H10BrClN2O4. The molecule has 2 rings (SSSR count). The van der Waals surface area contributed by atoms with Crippen molar-refractivity contribution in [2.24, 2.45) is 0 Å². The van der Waals surface area contributed by atoms with Gasteiger partial charge < -0.3 is 10.1 Å². The summed E-state index contributed by atoms with van der Waals surface area (Å²) < 4.78 is 6.15. The highest BCUT2D eigenvalue weighted by atomic mass is 79.9. The van der Waals surface area contributed by atoms with E-state index in [1.807, 2.05) is 6.07 Å². The van der Waals surface area contributed by atoms with Gasteiger partial charge in [0.15, 0.2) is 6.61 Å². The molecule has 0 radical (unpaired) electrons. The highest BCUT2D eigenvalue weighted by Crippen LogP contribution is 2.27. The van der Waals surface area contributed by atoms with E-state index in [0.717, 1.165) is 4.47 Å². The number of carbonyl (C=O) groups excluding carboxylic acids is 1. The van der Waals surface area contributed by atoms with Gasteiger partial charge in [-0.1, -0.05) is 33.6 Å². The van der Waals surface area contributed by atoms with Crippen LogP contribution in [0.5, 0.6) is 5.75 Å². The quantitative estimate of drug-likeness (QED) is 0.622. The fourth-order valence-electron chi connectivity index (χ4n) is 1.63. The lowest BCUT2D eigenvalue weighted by Gasteiger charge is -2.08. The van der Waals surface area contributed by atoms with E-state index >= 15 is 0 Å². The van der Waals surface area contributed by atoms with E-state index in [-0.39, 0.29) is 23.0 Å². The summed E-state index contributed by atoms with van der Waals surface area (Å²) >= 11 is 8.99. The molecule has 0 aliphatic rings. The maximum absolute atomic E-state index is 11.8. The van der Waals surface area contributed by atoms with Crippen LogP contribution in [0.25, 0.3) is 0 Å². The largest absolute Gasteiger partial charge is 0.484 e. The predicted octanol–water partition coefficient (Wildman–Crippen LogP) is 4.03. The molecule has 0 bridgehead atoms. The Morgan fingerprint density at radius 2 is 2.09 bits per heavy atom. The lowest BCUT2D eigenvalue weighted by Crippen LogP contribution is -2.20. The zero-order valence-corrected chi connectivity index (χ0v) is 13.4. The molecule has 8 heteroatoms. The number of benzene rings is 2. The standard InChI is InChI=1S/C14H10BrClN2O4/c15-9-2-1-3-11(6-9)22-8-14(19)17-10-4-5-12(16)13(7-10)18(20)21/h1-7H,8H2,(H,17,19). The molecule has 0 saturated heterocycles. The normalized spacial score (nSPS) is 10.1. The Morgan fingerprint density at radius 1 is 1.32 bits per heavy atom. The number of nitro benzene ring substituents is 1. The Kier molecular flexibility index (Phi) is 5.35. The molecule has 0 heterocycles. The monoisotopic (exact) mass is 384 g/mol. The van der Waals surface area contributed by atoms with Gasteiger partial charge in [0.1, 0.15) is 10.8 Å². The lowest BCUT2D eigenvalue weighted by molar-refractivity contribution is -0.384. The fraction of sp³-hybridized carbons (Fsp3) is 0.0714. The molecule has 0 aliphatic heterocycles. The number of hydrogen-bond acceptors (Lipinski definition) is 4. The van der Waals surface area contributed by atoms with Crippen molar-refractivity contribution in [1.29, 1.82) is 0 Å². The van der Waals surface area contributed by atoms with E-state index < -0.39 is 10.8 Å². The molecule has 114 valence electrons. The Labute approximate surface area is 139 Å². The molecule has 0 spiro atoms. The van der Waals surface area contributed by atoms with Crippen LogP contribution >= 0.6 is 27.5 Å².